The van der Waals surface area contributed by atoms with Gasteiger partial charge in [0.25, 0.3) is 0 Å². The molecule has 226 valence electrons. The molecular weight excluding hydrogens is 536 g/mol. The van der Waals surface area contributed by atoms with Crippen molar-refractivity contribution in [3.63, 3.8) is 0 Å². The van der Waals surface area contributed by atoms with Gasteiger partial charge in [-0.25, -0.2) is 4.79 Å². The molecule has 0 amide bonds. The lowest BCUT2D eigenvalue weighted by molar-refractivity contribution is -0.140. The second-order valence-corrected chi connectivity index (χ2v) is 8.63. The molecule has 14 nitrogen and oxygen atoms in total. The zero-order chi connectivity index (χ0) is 31.2. The van der Waals surface area contributed by atoms with Gasteiger partial charge in [-0.15, -0.1) is 0 Å². The number of rotatable bonds is 14. The van der Waals surface area contributed by atoms with Gasteiger partial charge in [-0.05, 0) is 55.5 Å². The van der Waals surface area contributed by atoms with Crippen LogP contribution in [-0.2, 0) is 32.0 Å². The van der Waals surface area contributed by atoms with Crippen molar-refractivity contribution in [3.05, 3.63) is 65.7 Å². The van der Waals surface area contributed by atoms with Gasteiger partial charge in [0.2, 0.25) is 0 Å². The summed E-state index contributed by atoms with van der Waals surface area (Å²) in [5.41, 5.74) is 23.0. The Kier molecular flexibility index (Phi) is 19.0. The van der Waals surface area contributed by atoms with E-state index in [2.05, 4.69) is 17.4 Å². The van der Waals surface area contributed by atoms with Crippen molar-refractivity contribution in [1.29, 1.82) is 5.41 Å². The number of carboxylic acids is 3. The third-order valence-corrected chi connectivity index (χ3v) is 5.07. The van der Waals surface area contributed by atoms with Crippen LogP contribution in [0.4, 0.5) is 0 Å². The third-order valence-electron chi connectivity index (χ3n) is 5.07. The van der Waals surface area contributed by atoms with Crippen LogP contribution < -0.4 is 33.0 Å². The minimum absolute atomic E-state index is 0.00867. The molecule has 14 heteroatoms. The van der Waals surface area contributed by atoms with E-state index >= 15 is 0 Å². The first-order valence-electron chi connectivity index (χ1n) is 12.7. The van der Waals surface area contributed by atoms with Crippen LogP contribution in [0.5, 0.6) is 5.75 Å². The zero-order valence-corrected chi connectivity index (χ0v) is 22.7. The van der Waals surface area contributed by atoms with Crippen molar-refractivity contribution in [1.82, 2.24) is 5.32 Å². The van der Waals surface area contributed by atoms with Crippen LogP contribution in [0.25, 0.3) is 0 Å². The summed E-state index contributed by atoms with van der Waals surface area (Å²) in [6.45, 7) is 1.22. The molecule has 0 aliphatic heterocycles. The molecule has 0 saturated carbocycles. The maximum Gasteiger partial charge on any atom is 0.328 e. The van der Waals surface area contributed by atoms with Crippen molar-refractivity contribution in [3.8, 4) is 5.75 Å². The lowest BCUT2D eigenvalue weighted by Gasteiger charge is -2.10. The summed E-state index contributed by atoms with van der Waals surface area (Å²) in [6.07, 6.45) is 1.62. The largest absolute Gasteiger partial charge is 0.481 e. The molecule has 0 heterocycles. The molecule has 0 aliphatic carbocycles. The number of hydrogen-bond acceptors (Lipinski definition) is 9. The Balaban J connectivity index is 0.000000645. The van der Waals surface area contributed by atoms with Gasteiger partial charge in [-0.3, -0.25) is 19.8 Å². The Morgan fingerprint density at radius 3 is 1.95 bits per heavy atom. The van der Waals surface area contributed by atoms with E-state index in [9.17, 15) is 19.2 Å². The van der Waals surface area contributed by atoms with Crippen molar-refractivity contribution in [2.75, 3.05) is 13.1 Å². The van der Waals surface area contributed by atoms with E-state index < -0.39 is 36.0 Å². The molecule has 13 N–H and O–H groups in total. The first-order valence-corrected chi connectivity index (χ1v) is 12.7. The monoisotopic (exact) mass is 576 g/mol. The number of hydrogen-bond donors (Lipinski definition) is 9. The maximum absolute atomic E-state index is 11.6. The topological polar surface area (TPSA) is 278 Å². The van der Waals surface area contributed by atoms with Crippen LogP contribution in [0.2, 0.25) is 0 Å². The number of aliphatic carboxylic acids is 3. The fraction of sp³-hybridized carbons (Fsp3) is 0.370. The average molecular weight is 577 g/mol. The van der Waals surface area contributed by atoms with Gasteiger partial charge in [0.1, 0.15) is 17.8 Å². The Bertz CT molecular complexity index is 1080. The lowest BCUT2D eigenvalue weighted by Crippen LogP contribution is -2.34. The molecule has 2 rings (SSSR count). The number of nitrogens with one attached hydrogen (secondary N) is 2. The molecule has 0 unspecified atom stereocenters. The summed E-state index contributed by atoms with van der Waals surface area (Å²) in [5.74, 6) is -3.60. The highest BCUT2D eigenvalue weighted by Gasteiger charge is 2.17. The van der Waals surface area contributed by atoms with Crippen molar-refractivity contribution < 1.29 is 39.2 Å². The van der Waals surface area contributed by atoms with Gasteiger partial charge >= 0.3 is 23.9 Å². The van der Waals surface area contributed by atoms with Gasteiger partial charge < -0.3 is 48.3 Å². The Morgan fingerprint density at radius 2 is 1.46 bits per heavy atom. The molecule has 0 saturated heterocycles. The number of nitrogens with two attached hydrogens (primary N) is 4. The normalized spacial score (nSPS) is 11.3. The SMILES string of the molecule is N=C(N)NCCC[C@@H](N)C(=O)O.NCCc1ccccc1.N[C@H](CCC(=O)O)C(=O)Oc1ccc(CC(=O)O)cc1. The third kappa shape index (κ3) is 20.1. The van der Waals surface area contributed by atoms with Crippen LogP contribution in [0.15, 0.2) is 54.6 Å². The molecule has 0 spiro atoms. The number of ether oxygens (including phenoxy) is 1. The van der Waals surface area contributed by atoms with Crippen molar-refractivity contribution in [2.45, 2.75) is 50.6 Å². The minimum Gasteiger partial charge on any atom is -0.481 e. The Morgan fingerprint density at radius 1 is 0.854 bits per heavy atom. The highest BCUT2D eigenvalue weighted by Crippen LogP contribution is 2.14. The summed E-state index contributed by atoms with van der Waals surface area (Å²) in [5, 5.41) is 34.8. The summed E-state index contributed by atoms with van der Waals surface area (Å²) in [4.78, 5) is 42.6. The molecule has 2 aromatic rings. The second-order valence-electron chi connectivity index (χ2n) is 8.63. The van der Waals surface area contributed by atoms with Crippen LogP contribution in [-0.4, -0.2) is 70.3 Å². The predicted molar refractivity (Wildman–Crippen MR) is 152 cm³/mol. The first kappa shape index (κ1) is 36.5. The maximum atomic E-state index is 11.6. The number of esters is 1. The zero-order valence-electron chi connectivity index (χ0n) is 22.7. The van der Waals surface area contributed by atoms with Crippen LogP contribution >= 0.6 is 0 Å². The molecule has 41 heavy (non-hydrogen) atoms. The lowest BCUT2D eigenvalue weighted by atomic mass is 10.1. The summed E-state index contributed by atoms with van der Waals surface area (Å²) in [6, 6.07) is 14.4. The van der Waals surface area contributed by atoms with E-state index in [-0.39, 0.29) is 31.0 Å². The standard InChI is InChI=1S/C13H15NO6.C8H11N.C6H14N4O2/c14-10(5-6-11(15)16)13(19)20-9-3-1-8(2-4-9)7-12(17)18;9-7-6-8-4-2-1-3-5-8;7-4(5(11)12)2-1-3-10-6(8)9/h1-4,10H,5-7,14H2,(H,15,16)(H,17,18);1-5H,6-7,9H2;4H,1-3,7H2,(H,11,12)(H4,8,9,10)/t10-;;4-/m1.1/s1. The molecule has 0 aromatic heterocycles. The number of carbonyl (C=O) groups is 4. The molecular formula is C27H40N6O8. The average Bonchev–Trinajstić information content (AvgIpc) is 2.91. The predicted octanol–water partition coefficient (Wildman–Crippen LogP) is 0.261. The minimum atomic E-state index is -1.04. The quantitative estimate of drug-likeness (QED) is 0.0480. The van der Waals surface area contributed by atoms with Crippen LogP contribution in [0.1, 0.15) is 36.8 Å². The molecule has 2 atom stereocenters. The van der Waals surface area contributed by atoms with Gasteiger partial charge in [0.15, 0.2) is 5.96 Å². The van der Waals surface area contributed by atoms with E-state index in [0.29, 0.717) is 24.9 Å². The van der Waals surface area contributed by atoms with Crippen molar-refractivity contribution in [2.24, 2.45) is 22.9 Å². The van der Waals surface area contributed by atoms with E-state index in [1.165, 1.54) is 29.8 Å². The van der Waals surface area contributed by atoms with Gasteiger partial charge in [0.05, 0.1) is 6.42 Å². The molecule has 0 aliphatic rings. The summed E-state index contributed by atoms with van der Waals surface area (Å²) < 4.78 is 4.96. The summed E-state index contributed by atoms with van der Waals surface area (Å²) in [7, 11) is 0. The van der Waals surface area contributed by atoms with Crippen molar-refractivity contribution >= 4 is 29.8 Å². The van der Waals surface area contributed by atoms with E-state index in [1.807, 2.05) is 18.2 Å². The van der Waals surface area contributed by atoms with Gasteiger partial charge in [-0.1, -0.05) is 42.5 Å². The van der Waals surface area contributed by atoms with Crippen LogP contribution in [0.3, 0.4) is 0 Å². The number of carbonyl (C=O) groups excluding carboxylic acids is 1. The Hall–Kier alpha value is -4.53. The molecule has 2 aromatic carbocycles. The highest BCUT2D eigenvalue weighted by molar-refractivity contribution is 5.79. The van der Waals surface area contributed by atoms with E-state index in [4.69, 9.17) is 48.4 Å². The fourth-order valence-corrected chi connectivity index (χ4v) is 2.92. The van der Waals surface area contributed by atoms with E-state index in [1.54, 1.807) is 0 Å². The van der Waals surface area contributed by atoms with Gasteiger partial charge in [-0.2, -0.15) is 0 Å². The van der Waals surface area contributed by atoms with Crippen LogP contribution in [0, 0.1) is 5.41 Å². The fourth-order valence-electron chi connectivity index (χ4n) is 2.92. The Labute approximate surface area is 238 Å². The number of carboxylic acid groups (broad SMARTS) is 3. The number of benzene rings is 2. The second kappa shape index (κ2) is 21.3. The molecule has 0 fully saturated rings. The van der Waals surface area contributed by atoms with Gasteiger partial charge in [0, 0.05) is 13.0 Å². The number of guanidine groups is 1. The molecule has 0 radical (unpaired) electrons. The van der Waals surface area contributed by atoms with E-state index in [0.717, 1.165) is 13.0 Å². The first-order chi connectivity index (χ1) is 19.3. The smallest absolute Gasteiger partial charge is 0.328 e. The summed E-state index contributed by atoms with van der Waals surface area (Å²) >= 11 is 0. The highest BCUT2D eigenvalue weighted by atomic mass is 16.5. The molecule has 0 bridgehead atoms.